The number of hydrogen-bond donors (Lipinski definition) is 1. The van der Waals surface area contributed by atoms with Gasteiger partial charge in [0.05, 0.1) is 5.69 Å². The minimum absolute atomic E-state index is 0.0954. The second-order valence-electron chi connectivity index (χ2n) is 4.35. The summed E-state index contributed by atoms with van der Waals surface area (Å²) in [4.78, 5) is 4.15. The third-order valence-electron chi connectivity index (χ3n) is 2.26. The van der Waals surface area contributed by atoms with E-state index in [9.17, 15) is 4.39 Å². The number of hydrogen-bond acceptors (Lipinski definition) is 4. The Bertz CT molecular complexity index is 537. The number of halogens is 2. The fraction of sp³-hybridized carbons (Fsp3) is 0.308. The fourth-order valence-corrected chi connectivity index (χ4v) is 1.86. The molecule has 2 aromatic rings. The first-order valence-corrected chi connectivity index (χ1v) is 6.64. The Morgan fingerprint density at radius 1 is 1.42 bits per heavy atom. The third-order valence-corrected chi connectivity index (χ3v) is 2.72. The predicted octanol–water partition coefficient (Wildman–Crippen LogP) is 3.87. The molecule has 1 N–H and O–H groups in total. The summed E-state index contributed by atoms with van der Waals surface area (Å²) < 4.78 is 24.3. The number of nitrogens with one attached hydrogen (secondary N) is 1. The second-order valence-corrected chi connectivity index (χ2v) is 5.26. The average molecular weight is 329 g/mol. The lowest BCUT2D eigenvalue weighted by atomic mass is 10.3. The molecule has 1 heterocycles. The highest BCUT2D eigenvalue weighted by Crippen LogP contribution is 2.25. The Kier molecular flexibility index (Phi) is 4.55. The van der Waals surface area contributed by atoms with Crippen molar-refractivity contribution in [2.45, 2.75) is 26.4 Å². The number of oxazole rings is 1. The van der Waals surface area contributed by atoms with Crippen molar-refractivity contribution in [3.63, 3.8) is 0 Å². The summed E-state index contributed by atoms with van der Waals surface area (Å²) in [5.74, 6) is -0.0604. The van der Waals surface area contributed by atoms with Gasteiger partial charge < -0.3 is 14.5 Å². The normalized spacial score (nSPS) is 11.0. The summed E-state index contributed by atoms with van der Waals surface area (Å²) in [5, 5.41) is 3.21. The Morgan fingerprint density at radius 3 is 2.89 bits per heavy atom. The second kappa shape index (κ2) is 6.16. The molecular formula is C13H14BrFN2O2. The maximum atomic E-state index is 13.2. The number of rotatable bonds is 5. The number of nitrogens with zero attached hydrogens (tertiary/aromatic N) is 1. The summed E-state index contributed by atoms with van der Waals surface area (Å²) in [5.41, 5.74) is 0.735. The van der Waals surface area contributed by atoms with E-state index in [4.69, 9.17) is 9.15 Å². The van der Waals surface area contributed by atoms with Crippen LogP contribution in [-0.2, 0) is 6.54 Å². The van der Waals surface area contributed by atoms with Crippen LogP contribution in [0.4, 0.5) is 4.39 Å². The summed E-state index contributed by atoms with van der Waals surface area (Å²) in [7, 11) is 0. The summed E-state index contributed by atoms with van der Waals surface area (Å²) in [6.45, 7) is 4.68. The van der Waals surface area contributed by atoms with Crippen LogP contribution < -0.4 is 10.1 Å². The van der Waals surface area contributed by atoms with Gasteiger partial charge in [0.2, 0.25) is 0 Å². The van der Waals surface area contributed by atoms with Crippen LogP contribution in [0.15, 0.2) is 33.4 Å². The molecule has 19 heavy (non-hydrogen) atoms. The lowest BCUT2D eigenvalue weighted by Gasteiger charge is -2.04. The molecule has 6 heteroatoms. The van der Waals surface area contributed by atoms with Gasteiger partial charge in [-0.15, -0.1) is 0 Å². The van der Waals surface area contributed by atoms with Crippen molar-refractivity contribution in [2.24, 2.45) is 0 Å². The molecule has 0 spiro atoms. The maximum absolute atomic E-state index is 13.2. The van der Waals surface area contributed by atoms with E-state index in [-0.39, 0.29) is 6.08 Å². The van der Waals surface area contributed by atoms with E-state index >= 15 is 0 Å². The highest BCUT2D eigenvalue weighted by Gasteiger charge is 2.08. The van der Waals surface area contributed by atoms with E-state index in [0.29, 0.717) is 22.8 Å². The molecule has 0 aliphatic rings. The molecule has 1 aromatic carbocycles. The van der Waals surface area contributed by atoms with Gasteiger partial charge in [0, 0.05) is 23.1 Å². The number of aromatic nitrogens is 1. The van der Waals surface area contributed by atoms with Crippen LogP contribution >= 0.6 is 15.9 Å². The van der Waals surface area contributed by atoms with Crippen molar-refractivity contribution in [2.75, 3.05) is 0 Å². The lowest BCUT2D eigenvalue weighted by Crippen LogP contribution is -2.21. The van der Waals surface area contributed by atoms with Crippen LogP contribution in [0, 0.1) is 5.82 Å². The molecule has 102 valence electrons. The first-order valence-electron chi connectivity index (χ1n) is 5.84. The Morgan fingerprint density at radius 2 is 2.21 bits per heavy atom. The van der Waals surface area contributed by atoms with Gasteiger partial charge in [-0.25, -0.2) is 4.39 Å². The van der Waals surface area contributed by atoms with Gasteiger partial charge in [-0.2, -0.15) is 4.98 Å². The zero-order valence-electron chi connectivity index (χ0n) is 10.6. The van der Waals surface area contributed by atoms with Crippen LogP contribution in [0.5, 0.6) is 11.8 Å². The van der Waals surface area contributed by atoms with Gasteiger partial charge in [0.1, 0.15) is 17.8 Å². The Labute approximate surface area is 119 Å². The molecule has 0 saturated heterocycles. The summed E-state index contributed by atoms with van der Waals surface area (Å²) >= 11 is 3.19. The molecule has 0 atom stereocenters. The third kappa shape index (κ3) is 4.33. The number of ether oxygens (including phenoxy) is 1. The monoisotopic (exact) mass is 328 g/mol. The minimum Gasteiger partial charge on any atom is -0.417 e. The smallest absolute Gasteiger partial charge is 0.399 e. The molecule has 0 unspecified atom stereocenters. The number of benzene rings is 1. The Balaban J connectivity index is 2.03. The largest absolute Gasteiger partial charge is 0.417 e. The molecule has 0 fully saturated rings. The molecule has 0 saturated carbocycles. The molecule has 0 radical (unpaired) electrons. The first-order chi connectivity index (χ1) is 9.02. The van der Waals surface area contributed by atoms with Crippen LogP contribution in [-0.4, -0.2) is 11.0 Å². The van der Waals surface area contributed by atoms with Crippen molar-refractivity contribution in [3.05, 3.63) is 40.4 Å². The molecule has 0 aliphatic carbocycles. The average Bonchev–Trinajstić information content (AvgIpc) is 2.72. The van der Waals surface area contributed by atoms with Crippen molar-refractivity contribution < 1.29 is 13.5 Å². The first kappa shape index (κ1) is 14.0. The van der Waals surface area contributed by atoms with Gasteiger partial charge in [-0.3, -0.25) is 0 Å². The SMILES string of the molecule is CC(C)NCc1coc(Oc2cc(F)cc(Br)c2)n1. The fourth-order valence-electron chi connectivity index (χ4n) is 1.41. The van der Waals surface area contributed by atoms with Crippen molar-refractivity contribution in [1.29, 1.82) is 0 Å². The summed E-state index contributed by atoms with van der Waals surface area (Å²) in [6.07, 6.45) is 1.61. The van der Waals surface area contributed by atoms with Gasteiger partial charge >= 0.3 is 6.08 Å². The van der Waals surface area contributed by atoms with Crippen molar-refractivity contribution >= 4 is 15.9 Å². The van der Waals surface area contributed by atoms with Gasteiger partial charge in [0.15, 0.2) is 0 Å². The van der Waals surface area contributed by atoms with E-state index in [1.165, 1.54) is 18.4 Å². The quantitative estimate of drug-likeness (QED) is 0.905. The van der Waals surface area contributed by atoms with Crippen LogP contribution in [0.2, 0.25) is 0 Å². The maximum Gasteiger partial charge on any atom is 0.399 e. The van der Waals surface area contributed by atoms with Crippen LogP contribution in [0.3, 0.4) is 0 Å². The Hall–Kier alpha value is -1.40. The van der Waals surface area contributed by atoms with E-state index in [1.807, 2.05) is 13.8 Å². The predicted molar refractivity (Wildman–Crippen MR) is 72.7 cm³/mol. The van der Waals surface area contributed by atoms with E-state index < -0.39 is 5.82 Å². The van der Waals surface area contributed by atoms with Gasteiger partial charge in [-0.1, -0.05) is 29.8 Å². The van der Waals surface area contributed by atoms with Gasteiger partial charge in [0.25, 0.3) is 0 Å². The van der Waals surface area contributed by atoms with E-state index in [1.54, 1.807) is 6.07 Å². The zero-order valence-corrected chi connectivity index (χ0v) is 12.2. The van der Waals surface area contributed by atoms with Crippen molar-refractivity contribution in [1.82, 2.24) is 10.3 Å². The molecule has 0 amide bonds. The van der Waals surface area contributed by atoms with E-state index in [2.05, 4.69) is 26.2 Å². The van der Waals surface area contributed by atoms with E-state index in [0.717, 1.165) is 5.69 Å². The van der Waals surface area contributed by atoms with Crippen molar-refractivity contribution in [3.8, 4) is 11.8 Å². The standard InChI is InChI=1S/C13H14BrFN2O2/c1-8(2)16-6-11-7-18-13(17-11)19-12-4-9(14)3-10(15)5-12/h3-5,7-8,16H,6H2,1-2H3. The molecule has 0 bridgehead atoms. The molecule has 1 aromatic heterocycles. The molecule has 2 rings (SSSR count). The lowest BCUT2D eigenvalue weighted by molar-refractivity contribution is 0.329. The highest BCUT2D eigenvalue weighted by atomic mass is 79.9. The van der Waals surface area contributed by atoms with Gasteiger partial charge in [-0.05, 0) is 12.1 Å². The highest BCUT2D eigenvalue weighted by molar-refractivity contribution is 9.10. The zero-order chi connectivity index (χ0) is 13.8. The molecule has 0 aliphatic heterocycles. The topological polar surface area (TPSA) is 47.3 Å². The molecular weight excluding hydrogens is 315 g/mol. The van der Waals surface area contributed by atoms with Crippen LogP contribution in [0.1, 0.15) is 19.5 Å². The minimum atomic E-state index is -0.391. The molecule has 4 nitrogen and oxygen atoms in total. The summed E-state index contributed by atoms with van der Waals surface area (Å²) in [6, 6.07) is 4.61. The van der Waals surface area contributed by atoms with Crippen LogP contribution in [0.25, 0.3) is 0 Å².